The van der Waals surface area contributed by atoms with Gasteiger partial charge in [-0.3, -0.25) is 4.79 Å². The third kappa shape index (κ3) is 2.92. The highest BCUT2D eigenvalue weighted by molar-refractivity contribution is 5.74. The van der Waals surface area contributed by atoms with Crippen LogP contribution < -0.4 is 4.90 Å². The molecule has 1 aliphatic heterocycles. The van der Waals surface area contributed by atoms with E-state index in [4.69, 9.17) is 0 Å². The quantitative estimate of drug-likeness (QED) is 0.844. The van der Waals surface area contributed by atoms with Crippen molar-refractivity contribution in [1.29, 1.82) is 0 Å². The highest BCUT2D eigenvalue weighted by atomic mass is 16.2. The van der Waals surface area contributed by atoms with Gasteiger partial charge in [0, 0.05) is 32.2 Å². The first-order valence-electron chi connectivity index (χ1n) is 7.38. The van der Waals surface area contributed by atoms with Crippen molar-refractivity contribution in [1.82, 2.24) is 4.90 Å². The van der Waals surface area contributed by atoms with E-state index in [9.17, 15) is 4.79 Å². The Kier molecular flexibility index (Phi) is 3.91. The molecule has 0 bridgehead atoms. The maximum absolute atomic E-state index is 11.9. The van der Waals surface area contributed by atoms with Gasteiger partial charge >= 0.3 is 0 Å². The fourth-order valence-electron chi connectivity index (χ4n) is 2.99. The second-order valence-electron chi connectivity index (χ2n) is 5.42. The van der Waals surface area contributed by atoms with Gasteiger partial charge in [0.2, 0.25) is 5.91 Å². The van der Waals surface area contributed by atoms with Crippen LogP contribution in [0.3, 0.4) is 0 Å². The molecule has 2 aromatic rings. The summed E-state index contributed by atoms with van der Waals surface area (Å²) in [7, 11) is 0. The molecular formula is C18H20N2O. The molecule has 0 spiro atoms. The Labute approximate surface area is 125 Å². The third-order valence-corrected chi connectivity index (χ3v) is 4.09. The molecule has 1 heterocycles. The summed E-state index contributed by atoms with van der Waals surface area (Å²) in [6.45, 7) is 4.15. The summed E-state index contributed by atoms with van der Waals surface area (Å²) in [5.74, 6) is 0.150. The number of piperazine rings is 1. The number of hydrogen-bond acceptors (Lipinski definition) is 2. The molecule has 1 unspecified atom stereocenters. The van der Waals surface area contributed by atoms with E-state index in [1.165, 1.54) is 11.3 Å². The highest BCUT2D eigenvalue weighted by Gasteiger charge is 2.29. The van der Waals surface area contributed by atoms with E-state index >= 15 is 0 Å². The SMILES string of the molecule is CC(=O)N1CCN(c2ccccc2)CC1c1ccccc1. The normalized spacial score (nSPS) is 18.6. The van der Waals surface area contributed by atoms with E-state index in [2.05, 4.69) is 41.3 Å². The summed E-state index contributed by atoms with van der Waals surface area (Å²) >= 11 is 0. The minimum atomic E-state index is 0.123. The van der Waals surface area contributed by atoms with Gasteiger partial charge in [-0.15, -0.1) is 0 Å². The highest BCUT2D eigenvalue weighted by Crippen LogP contribution is 2.28. The van der Waals surface area contributed by atoms with E-state index in [-0.39, 0.29) is 11.9 Å². The van der Waals surface area contributed by atoms with E-state index in [0.29, 0.717) is 0 Å². The maximum Gasteiger partial charge on any atom is 0.220 e. The molecule has 108 valence electrons. The molecule has 3 heteroatoms. The van der Waals surface area contributed by atoms with E-state index in [1.54, 1.807) is 6.92 Å². The average molecular weight is 280 g/mol. The molecule has 1 saturated heterocycles. The number of anilines is 1. The van der Waals surface area contributed by atoms with Gasteiger partial charge in [-0.05, 0) is 17.7 Å². The number of rotatable bonds is 2. The maximum atomic E-state index is 11.9. The van der Waals surface area contributed by atoms with Crippen LogP contribution in [0.15, 0.2) is 60.7 Å². The smallest absolute Gasteiger partial charge is 0.220 e. The van der Waals surface area contributed by atoms with Crippen molar-refractivity contribution in [2.45, 2.75) is 13.0 Å². The molecule has 1 atom stereocenters. The number of carbonyl (C=O) groups excluding carboxylic acids is 1. The summed E-state index contributed by atoms with van der Waals surface area (Å²) in [5.41, 5.74) is 2.43. The Bertz CT molecular complexity index is 597. The number of para-hydroxylation sites is 1. The van der Waals surface area contributed by atoms with Gasteiger partial charge in [-0.2, -0.15) is 0 Å². The summed E-state index contributed by atoms with van der Waals surface area (Å²) < 4.78 is 0. The van der Waals surface area contributed by atoms with Crippen molar-refractivity contribution in [3.8, 4) is 0 Å². The Morgan fingerprint density at radius 1 is 0.952 bits per heavy atom. The minimum absolute atomic E-state index is 0.123. The molecule has 3 nitrogen and oxygen atoms in total. The lowest BCUT2D eigenvalue weighted by molar-refractivity contribution is -0.131. The second-order valence-corrected chi connectivity index (χ2v) is 5.42. The second kappa shape index (κ2) is 6.00. The predicted octanol–water partition coefficient (Wildman–Crippen LogP) is 3.10. The summed E-state index contributed by atoms with van der Waals surface area (Å²) in [5, 5.41) is 0. The monoisotopic (exact) mass is 280 g/mol. The van der Waals surface area contributed by atoms with Crippen molar-refractivity contribution in [3.05, 3.63) is 66.2 Å². The number of nitrogens with zero attached hydrogens (tertiary/aromatic N) is 2. The molecule has 3 rings (SSSR count). The lowest BCUT2D eigenvalue weighted by Crippen LogP contribution is -2.50. The largest absolute Gasteiger partial charge is 0.367 e. The first-order chi connectivity index (χ1) is 10.3. The molecular weight excluding hydrogens is 260 g/mol. The van der Waals surface area contributed by atoms with Crippen LogP contribution in [0.25, 0.3) is 0 Å². The van der Waals surface area contributed by atoms with Crippen molar-refractivity contribution >= 4 is 11.6 Å². The standard InChI is InChI=1S/C18H20N2O/c1-15(21)20-13-12-19(17-10-6-3-7-11-17)14-18(20)16-8-4-2-5-9-16/h2-11,18H,12-14H2,1H3. The van der Waals surface area contributed by atoms with Gasteiger partial charge in [0.05, 0.1) is 6.04 Å². The number of carbonyl (C=O) groups is 1. The molecule has 0 aromatic heterocycles. The van der Waals surface area contributed by atoms with Crippen LogP contribution in [0, 0.1) is 0 Å². The van der Waals surface area contributed by atoms with Crippen LogP contribution in [0.1, 0.15) is 18.5 Å². The lowest BCUT2D eigenvalue weighted by atomic mass is 10.0. The first-order valence-corrected chi connectivity index (χ1v) is 7.38. The fraction of sp³-hybridized carbons (Fsp3) is 0.278. The Hall–Kier alpha value is -2.29. The number of amides is 1. The minimum Gasteiger partial charge on any atom is -0.367 e. The van der Waals surface area contributed by atoms with Gasteiger partial charge in [0.15, 0.2) is 0 Å². The van der Waals surface area contributed by atoms with Gasteiger partial charge < -0.3 is 9.80 Å². The lowest BCUT2D eigenvalue weighted by Gasteiger charge is -2.42. The van der Waals surface area contributed by atoms with Gasteiger partial charge in [-0.25, -0.2) is 0 Å². The molecule has 1 fully saturated rings. The van der Waals surface area contributed by atoms with Gasteiger partial charge in [0.25, 0.3) is 0 Å². The Morgan fingerprint density at radius 2 is 1.57 bits per heavy atom. The molecule has 0 N–H and O–H groups in total. The van der Waals surface area contributed by atoms with Crippen molar-refractivity contribution in [2.24, 2.45) is 0 Å². The van der Waals surface area contributed by atoms with Gasteiger partial charge in [0.1, 0.15) is 0 Å². The van der Waals surface area contributed by atoms with Crippen molar-refractivity contribution in [2.75, 3.05) is 24.5 Å². The topological polar surface area (TPSA) is 23.6 Å². The van der Waals surface area contributed by atoms with E-state index in [1.807, 2.05) is 29.2 Å². The van der Waals surface area contributed by atoms with Crippen LogP contribution in [0.4, 0.5) is 5.69 Å². The molecule has 0 saturated carbocycles. The predicted molar refractivity (Wildman–Crippen MR) is 85.2 cm³/mol. The van der Waals surface area contributed by atoms with Crippen molar-refractivity contribution in [3.63, 3.8) is 0 Å². The van der Waals surface area contributed by atoms with E-state index in [0.717, 1.165) is 19.6 Å². The fourth-order valence-corrected chi connectivity index (χ4v) is 2.99. The molecule has 1 amide bonds. The number of benzene rings is 2. The third-order valence-electron chi connectivity index (χ3n) is 4.09. The molecule has 21 heavy (non-hydrogen) atoms. The zero-order valence-corrected chi connectivity index (χ0v) is 12.3. The molecule has 1 aliphatic rings. The van der Waals surface area contributed by atoms with E-state index < -0.39 is 0 Å². The van der Waals surface area contributed by atoms with Gasteiger partial charge in [-0.1, -0.05) is 48.5 Å². The Balaban J connectivity index is 1.87. The first kappa shape index (κ1) is 13.7. The molecule has 0 aliphatic carbocycles. The van der Waals surface area contributed by atoms with Crippen LogP contribution in [0.2, 0.25) is 0 Å². The van der Waals surface area contributed by atoms with Crippen LogP contribution in [-0.2, 0) is 4.79 Å². The summed E-state index contributed by atoms with van der Waals surface area (Å²) in [4.78, 5) is 16.3. The zero-order chi connectivity index (χ0) is 14.7. The van der Waals surface area contributed by atoms with Crippen LogP contribution >= 0.6 is 0 Å². The average Bonchev–Trinajstić information content (AvgIpc) is 2.56. The summed E-state index contributed by atoms with van der Waals surface area (Å²) in [6, 6.07) is 20.8. The number of hydrogen-bond donors (Lipinski definition) is 0. The molecule has 2 aromatic carbocycles. The zero-order valence-electron chi connectivity index (χ0n) is 12.3. The van der Waals surface area contributed by atoms with Crippen LogP contribution in [0.5, 0.6) is 0 Å². The summed E-state index contributed by atoms with van der Waals surface area (Å²) in [6.07, 6.45) is 0. The van der Waals surface area contributed by atoms with Crippen LogP contribution in [-0.4, -0.2) is 30.4 Å². The van der Waals surface area contributed by atoms with Crippen molar-refractivity contribution < 1.29 is 4.79 Å². The Morgan fingerprint density at radius 3 is 2.19 bits per heavy atom. The molecule has 0 radical (unpaired) electrons.